The second kappa shape index (κ2) is 18.6. The highest BCUT2D eigenvalue weighted by atomic mass is 16.6. The minimum Gasteiger partial charge on any atom is -0.393 e. The number of esters is 2. The summed E-state index contributed by atoms with van der Waals surface area (Å²) < 4.78 is 4.35. The first kappa shape index (κ1) is 24.8. The largest absolute Gasteiger partial charge is 0.393 e. The summed E-state index contributed by atoms with van der Waals surface area (Å²) in [6.45, 7) is 1.49. The van der Waals surface area contributed by atoms with Gasteiger partial charge in [0.05, 0.1) is 6.61 Å². The lowest BCUT2D eigenvalue weighted by atomic mass is 10.0. The van der Waals surface area contributed by atoms with Crippen molar-refractivity contribution in [2.75, 3.05) is 6.61 Å². The Hall–Kier alpha value is -1.20. The van der Waals surface area contributed by atoms with Crippen molar-refractivity contribution in [3.05, 3.63) is 12.2 Å². The number of hydrogen-bond acceptors (Lipinski definition) is 5. The molecule has 2 N–H and O–H groups in total. The van der Waals surface area contributed by atoms with Crippen LogP contribution in [0.2, 0.25) is 0 Å². The summed E-state index contributed by atoms with van der Waals surface area (Å²) in [6, 6.07) is 0. The summed E-state index contributed by atoms with van der Waals surface area (Å²) in [5, 5.41) is 17.5. The average molecular weight is 371 g/mol. The molecule has 0 aromatic heterocycles. The van der Waals surface area contributed by atoms with Gasteiger partial charge < -0.3 is 14.9 Å². The van der Waals surface area contributed by atoms with E-state index < -0.39 is 24.6 Å². The molecular formula is C21H38O5. The molecule has 0 aliphatic carbocycles. The van der Waals surface area contributed by atoms with E-state index in [4.69, 9.17) is 10.2 Å². The van der Waals surface area contributed by atoms with Gasteiger partial charge in [0.2, 0.25) is 0 Å². The molecule has 5 heteroatoms. The molecule has 0 rings (SSSR count). The number of carbonyl (C=O) groups is 2. The molecule has 0 amide bonds. The van der Waals surface area contributed by atoms with Crippen molar-refractivity contribution in [1.82, 2.24) is 0 Å². The fourth-order valence-corrected chi connectivity index (χ4v) is 2.74. The summed E-state index contributed by atoms with van der Waals surface area (Å²) in [7, 11) is 0. The number of rotatable bonds is 17. The fourth-order valence-electron chi connectivity index (χ4n) is 2.74. The third-order valence-corrected chi connectivity index (χ3v) is 4.37. The van der Waals surface area contributed by atoms with Gasteiger partial charge in [-0.1, -0.05) is 90.0 Å². The lowest BCUT2D eigenvalue weighted by Crippen LogP contribution is -2.28. The summed E-state index contributed by atoms with van der Waals surface area (Å²) in [5.41, 5.74) is 0. The molecule has 0 saturated heterocycles. The van der Waals surface area contributed by atoms with Gasteiger partial charge >= 0.3 is 11.9 Å². The predicted molar refractivity (Wildman–Crippen MR) is 104 cm³/mol. The first-order valence-corrected chi connectivity index (χ1v) is 10.3. The minimum atomic E-state index is -1.66. The van der Waals surface area contributed by atoms with Crippen LogP contribution in [-0.4, -0.2) is 34.9 Å². The molecule has 0 fully saturated rings. The van der Waals surface area contributed by atoms with Gasteiger partial charge in [-0.05, 0) is 12.8 Å². The second-order valence-corrected chi connectivity index (χ2v) is 6.87. The van der Waals surface area contributed by atoms with Crippen LogP contribution in [-0.2, 0) is 14.3 Å². The molecule has 1 atom stereocenters. The normalized spacial score (nSPS) is 12.4. The molecule has 26 heavy (non-hydrogen) atoms. The third kappa shape index (κ3) is 16.3. The van der Waals surface area contributed by atoms with Crippen LogP contribution in [0.15, 0.2) is 12.2 Å². The van der Waals surface area contributed by atoms with Crippen molar-refractivity contribution >= 4 is 11.9 Å². The zero-order chi connectivity index (χ0) is 19.5. The zero-order valence-electron chi connectivity index (χ0n) is 16.5. The van der Waals surface area contributed by atoms with Crippen LogP contribution < -0.4 is 0 Å². The van der Waals surface area contributed by atoms with E-state index in [0.717, 1.165) is 19.3 Å². The second-order valence-electron chi connectivity index (χ2n) is 6.87. The smallest absolute Gasteiger partial charge is 0.345 e. The first-order valence-electron chi connectivity index (χ1n) is 10.3. The molecule has 0 radical (unpaired) electrons. The van der Waals surface area contributed by atoms with Crippen LogP contribution in [0.25, 0.3) is 0 Å². The van der Waals surface area contributed by atoms with Gasteiger partial charge in [0.1, 0.15) is 0 Å². The lowest BCUT2D eigenvalue weighted by Gasteiger charge is -2.04. The molecule has 0 bridgehead atoms. The number of carbonyl (C=O) groups excluding carboxylic acids is 2. The molecule has 0 heterocycles. The molecule has 0 aliphatic rings. The van der Waals surface area contributed by atoms with Gasteiger partial charge in [0, 0.05) is 6.08 Å². The number of hydrogen-bond donors (Lipinski definition) is 2. The number of ether oxygens (including phenoxy) is 1. The van der Waals surface area contributed by atoms with Crippen molar-refractivity contribution in [2.45, 2.75) is 103 Å². The number of allylic oxidation sites excluding steroid dienone is 1. The van der Waals surface area contributed by atoms with Gasteiger partial charge in [-0.3, -0.25) is 0 Å². The Morgan fingerprint density at radius 1 is 0.846 bits per heavy atom. The summed E-state index contributed by atoms with van der Waals surface area (Å²) in [4.78, 5) is 22.3. The van der Waals surface area contributed by atoms with E-state index in [2.05, 4.69) is 11.7 Å². The molecule has 0 aromatic rings. The summed E-state index contributed by atoms with van der Waals surface area (Å²) in [5.74, 6) is -1.93. The predicted octanol–water partition coefficient (Wildman–Crippen LogP) is 4.45. The standard InChI is InChI=1S/C21H38O5/c1-2-3-4-5-6-7-8-9-10-11-12-13-14-15-16-17-20(24)26-21(25)19(23)18-22/h16-17,19,22-23H,2-15,18H2,1H3. The van der Waals surface area contributed by atoms with Crippen molar-refractivity contribution in [2.24, 2.45) is 0 Å². The maximum Gasteiger partial charge on any atom is 0.345 e. The van der Waals surface area contributed by atoms with Crippen LogP contribution >= 0.6 is 0 Å². The van der Waals surface area contributed by atoms with Crippen LogP contribution in [0.4, 0.5) is 0 Å². The average Bonchev–Trinajstić information content (AvgIpc) is 2.64. The molecule has 0 aliphatic heterocycles. The molecule has 1 unspecified atom stereocenters. The Bertz CT molecular complexity index is 379. The van der Waals surface area contributed by atoms with E-state index in [0.29, 0.717) is 0 Å². The van der Waals surface area contributed by atoms with E-state index in [9.17, 15) is 9.59 Å². The Labute approximate surface area is 158 Å². The number of aliphatic hydroxyl groups excluding tert-OH is 2. The Morgan fingerprint density at radius 2 is 1.31 bits per heavy atom. The SMILES string of the molecule is CCCCCCCCCCCCCCCC=CC(=O)OC(=O)C(O)CO. The highest BCUT2D eigenvalue weighted by molar-refractivity contribution is 5.93. The maximum atomic E-state index is 11.3. The number of unbranched alkanes of at least 4 members (excludes halogenated alkanes) is 13. The maximum absolute atomic E-state index is 11.3. The highest BCUT2D eigenvalue weighted by Gasteiger charge is 2.17. The van der Waals surface area contributed by atoms with Gasteiger partial charge in [-0.2, -0.15) is 0 Å². The van der Waals surface area contributed by atoms with E-state index in [-0.39, 0.29) is 0 Å². The van der Waals surface area contributed by atoms with E-state index >= 15 is 0 Å². The lowest BCUT2D eigenvalue weighted by molar-refractivity contribution is -0.164. The first-order chi connectivity index (χ1) is 12.6. The molecule has 5 nitrogen and oxygen atoms in total. The summed E-state index contributed by atoms with van der Waals surface area (Å²) >= 11 is 0. The van der Waals surface area contributed by atoms with Gasteiger partial charge in [-0.15, -0.1) is 0 Å². The van der Waals surface area contributed by atoms with E-state index in [1.165, 1.54) is 76.7 Å². The Balaban J connectivity index is 3.35. The number of aliphatic hydroxyl groups is 2. The van der Waals surface area contributed by atoms with E-state index in [1.54, 1.807) is 6.08 Å². The van der Waals surface area contributed by atoms with Gasteiger partial charge in [0.15, 0.2) is 6.10 Å². The van der Waals surface area contributed by atoms with Crippen LogP contribution in [0.3, 0.4) is 0 Å². The molecular weight excluding hydrogens is 332 g/mol. The Morgan fingerprint density at radius 3 is 1.77 bits per heavy atom. The van der Waals surface area contributed by atoms with Crippen LogP contribution in [0.1, 0.15) is 96.8 Å². The quantitative estimate of drug-likeness (QED) is 0.171. The highest BCUT2D eigenvalue weighted by Crippen LogP contribution is 2.13. The summed E-state index contributed by atoms with van der Waals surface area (Å²) in [6.07, 6.45) is 18.9. The van der Waals surface area contributed by atoms with E-state index in [1.807, 2.05) is 0 Å². The van der Waals surface area contributed by atoms with Crippen LogP contribution in [0.5, 0.6) is 0 Å². The molecule has 152 valence electrons. The zero-order valence-corrected chi connectivity index (χ0v) is 16.5. The molecule has 0 saturated carbocycles. The van der Waals surface area contributed by atoms with Crippen molar-refractivity contribution < 1.29 is 24.5 Å². The third-order valence-electron chi connectivity index (χ3n) is 4.37. The fraction of sp³-hybridized carbons (Fsp3) is 0.810. The molecule has 0 spiro atoms. The van der Waals surface area contributed by atoms with Gasteiger partial charge in [0.25, 0.3) is 0 Å². The van der Waals surface area contributed by atoms with Crippen LogP contribution in [0, 0.1) is 0 Å². The van der Waals surface area contributed by atoms with Crippen molar-refractivity contribution in [3.8, 4) is 0 Å². The van der Waals surface area contributed by atoms with Crippen molar-refractivity contribution in [1.29, 1.82) is 0 Å². The van der Waals surface area contributed by atoms with Crippen molar-refractivity contribution in [3.63, 3.8) is 0 Å². The minimum absolute atomic E-state index is 0.755. The monoisotopic (exact) mass is 370 g/mol. The Kier molecular flexibility index (Phi) is 17.7. The topological polar surface area (TPSA) is 83.8 Å². The van der Waals surface area contributed by atoms with Gasteiger partial charge in [-0.25, -0.2) is 9.59 Å². The molecule has 0 aromatic carbocycles.